The molecular weight excluding hydrogens is 552 g/mol. The number of aliphatic hydroxyl groups excluding tert-OH is 1. The monoisotopic (exact) mass is 588 g/mol. The van der Waals surface area contributed by atoms with Crippen molar-refractivity contribution in [2.24, 2.45) is 10.1 Å². The molecule has 2 atom stereocenters. The van der Waals surface area contributed by atoms with Crippen LogP contribution in [0.15, 0.2) is 76.8 Å². The Morgan fingerprint density at radius 2 is 1.81 bits per heavy atom. The first-order chi connectivity index (χ1) is 20.9. The summed E-state index contributed by atoms with van der Waals surface area (Å²) in [6.07, 6.45) is 0.100. The molecule has 0 unspecified atom stereocenters. The number of nitrogens with zero attached hydrogens (tertiary/aromatic N) is 4. The van der Waals surface area contributed by atoms with Crippen molar-refractivity contribution in [2.45, 2.75) is 44.5 Å². The largest absolute Gasteiger partial charge is 0.494 e. The average molecular weight is 589 g/mol. The van der Waals surface area contributed by atoms with Crippen molar-refractivity contribution >= 4 is 11.8 Å². The molecule has 43 heavy (non-hydrogen) atoms. The summed E-state index contributed by atoms with van der Waals surface area (Å²) in [5.74, 6) is 1.73. The normalized spacial score (nSPS) is 17.3. The number of amides is 1. The molecule has 1 heterocycles. The molecule has 3 aromatic rings. The Balaban J connectivity index is 1.62. The van der Waals surface area contributed by atoms with Crippen molar-refractivity contribution in [2.75, 3.05) is 27.4 Å². The third kappa shape index (κ3) is 7.36. The molecule has 0 fully saturated rings. The van der Waals surface area contributed by atoms with Gasteiger partial charge in [0, 0.05) is 42.0 Å². The Morgan fingerprint density at radius 3 is 2.51 bits per heavy atom. The minimum absolute atomic E-state index is 0.0543. The van der Waals surface area contributed by atoms with E-state index in [1.807, 2.05) is 55.5 Å². The maximum atomic E-state index is 14.0. The minimum atomic E-state index is -1.34. The number of methoxy groups -OCH3 is 2. The predicted octanol–water partition coefficient (Wildman–Crippen LogP) is 4.24. The maximum absolute atomic E-state index is 14.0. The van der Waals surface area contributed by atoms with Gasteiger partial charge in [0.15, 0.2) is 17.0 Å². The van der Waals surface area contributed by atoms with Crippen LogP contribution in [0.25, 0.3) is 10.4 Å². The first-order valence-electron chi connectivity index (χ1n) is 13.9. The highest BCUT2D eigenvalue weighted by Crippen LogP contribution is 2.34. The van der Waals surface area contributed by atoms with Gasteiger partial charge in [-0.05, 0) is 53.9 Å². The number of aliphatic imine (C=N–C) groups is 1. The summed E-state index contributed by atoms with van der Waals surface area (Å²) in [5.41, 5.74) is 16.5. The van der Waals surface area contributed by atoms with Gasteiger partial charge in [-0.25, -0.2) is 10.4 Å². The van der Waals surface area contributed by atoms with Gasteiger partial charge < -0.3 is 24.1 Å². The molecular formula is C31H36N6O6. The van der Waals surface area contributed by atoms with Gasteiger partial charge in [-0.1, -0.05) is 41.5 Å². The Morgan fingerprint density at radius 1 is 1.07 bits per heavy atom. The van der Waals surface area contributed by atoms with E-state index in [9.17, 15) is 4.79 Å². The number of carbonyl (C=O) groups is 1. The molecule has 0 saturated carbocycles. The number of hydrogen-bond donors (Lipinski definition) is 3. The highest BCUT2D eigenvalue weighted by atomic mass is 16.5. The molecule has 0 bridgehead atoms. The summed E-state index contributed by atoms with van der Waals surface area (Å²) in [6, 6.07) is 20.2. The van der Waals surface area contributed by atoms with Crippen LogP contribution in [0.4, 0.5) is 0 Å². The maximum Gasteiger partial charge on any atom is 0.266 e. The number of para-hydroxylation sites is 1. The van der Waals surface area contributed by atoms with Crippen LogP contribution in [-0.2, 0) is 29.0 Å². The SMILES string of the molecule is COc1cccc(CNNC(=O)[C@@]2(Cc3ccccc3CN=[N+]=[N-])N=C(c3ccc(OCCCO)cc3)O[C@H]2C)c1OC. The second-order valence-corrected chi connectivity index (χ2v) is 9.85. The third-order valence-electron chi connectivity index (χ3n) is 7.18. The van der Waals surface area contributed by atoms with E-state index in [2.05, 4.69) is 20.9 Å². The Hall–Kier alpha value is -4.77. The molecule has 0 spiro atoms. The second-order valence-electron chi connectivity index (χ2n) is 9.85. The molecule has 0 aromatic heterocycles. The van der Waals surface area contributed by atoms with Crippen LogP contribution in [0.2, 0.25) is 0 Å². The van der Waals surface area contributed by atoms with Gasteiger partial charge >= 0.3 is 0 Å². The van der Waals surface area contributed by atoms with Gasteiger partial charge in [-0.15, -0.1) is 0 Å². The minimum Gasteiger partial charge on any atom is -0.494 e. The fourth-order valence-electron chi connectivity index (χ4n) is 4.85. The lowest BCUT2D eigenvalue weighted by Gasteiger charge is -2.29. The molecule has 1 amide bonds. The molecule has 1 aliphatic rings. The van der Waals surface area contributed by atoms with Gasteiger partial charge in [0.2, 0.25) is 5.90 Å². The summed E-state index contributed by atoms with van der Waals surface area (Å²) in [4.78, 5) is 21.8. The number of aliphatic hydroxyl groups is 1. The summed E-state index contributed by atoms with van der Waals surface area (Å²) in [6.45, 7) is 2.67. The molecule has 1 aliphatic heterocycles. The van der Waals surface area contributed by atoms with Crippen molar-refractivity contribution in [1.82, 2.24) is 10.9 Å². The van der Waals surface area contributed by atoms with Crippen molar-refractivity contribution in [3.63, 3.8) is 0 Å². The van der Waals surface area contributed by atoms with E-state index in [1.54, 1.807) is 32.4 Å². The zero-order valence-electron chi connectivity index (χ0n) is 24.4. The van der Waals surface area contributed by atoms with Crippen molar-refractivity contribution < 1.29 is 28.8 Å². The van der Waals surface area contributed by atoms with Crippen molar-refractivity contribution in [3.05, 3.63) is 99.4 Å². The predicted molar refractivity (Wildman–Crippen MR) is 161 cm³/mol. The number of hydrazine groups is 1. The lowest BCUT2D eigenvalue weighted by atomic mass is 9.84. The van der Waals surface area contributed by atoms with Crippen LogP contribution in [0.3, 0.4) is 0 Å². The van der Waals surface area contributed by atoms with Gasteiger partial charge in [0.25, 0.3) is 5.91 Å². The highest BCUT2D eigenvalue weighted by Gasteiger charge is 2.50. The van der Waals surface area contributed by atoms with Gasteiger partial charge in [-0.3, -0.25) is 10.2 Å². The quantitative estimate of drug-likeness (QED) is 0.0787. The van der Waals surface area contributed by atoms with Gasteiger partial charge in [-0.2, -0.15) is 0 Å². The number of rotatable bonds is 15. The van der Waals surface area contributed by atoms with E-state index in [0.717, 1.165) is 16.7 Å². The first-order valence-corrected chi connectivity index (χ1v) is 13.9. The topological polar surface area (TPSA) is 159 Å². The molecule has 3 aromatic carbocycles. The van der Waals surface area contributed by atoms with Crippen LogP contribution in [-0.4, -0.2) is 56.0 Å². The van der Waals surface area contributed by atoms with Gasteiger partial charge in [0.1, 0.15) is 11.9 Å². The average Bonchev–Trinajstić information content (AvgIpc) is 3.37. The molecule has 0 saturated heterocycles. The van der Waals surface area contributed by atoms with Crippen LogP contribution in [0.5, 0.6) is 17.2 Å². The van der Waals surface area contributed by atoms with E-state index in [0.29, 0.717) is 41.7 Å². The van der Waals surface area contributed by atoms with Gasteiger partial charge in [0.05, 0.1) is 27.4 Å². The second kappa shape index (κ2) is 14.9. The van der Waals surface area contributed by atoms with E-state index in [4.69, 9.17) is 34.6 Å². The fraction of sp³-hybridized carbons (Fsp3) is 0.355. The fourth-order valence-corrected chi connectivity index (χ4v) is 4.85. The Labute approximate surface area is 250 Å². The number of azide groups is 1. The summed E-state index contributed by atoms with van der Waals surface area (Å²) in [7, 11) is 3.12. The lowest BCUT2D eigenvalue weighted by molar-refractivity contribution is -0.129. The van der Waals surface area contributed by atoms with Crippen molar-refractivity contribution in [1.29, 1.82) is 0 Å². The summed E-state index contributed by atoms with van der Waals surface area (Å²) < 4.78 is 22.7. The van der Waals surface area contributed by atoms with E-state index >= 15 is 0 Å². The third-order valence-corrected chi connectivity index (χ3v) is 7.18. The molecule has 4 rings (SSSR count). The lowest BCUT2D eigenvalue weighted by Crippen LogP contribution is -2.55. The number of hydrogen-bond acceptors (Lipinski definition) is 9. The molecule has 0 aliphatic carbocycles. The van der Waals surface area contributed by atoms with E-state index < -0.39 is 11.6 Å². The van der Waals surface area contributed by atoms with E-state index in [-0.39, 0.29) is 32.0 Å². The number of carbonyl (C=O) groups excluding carboxylic acids is 1. The standard InChI is InChI=1S/C31H36N6O6/c1-21-31(18-23-8-4-5-9-24(23)19-34-37-32,30(39)36-33-20-25-10-6-11-27(40-2)28(25)41-3)35-29(43-21)22-12-14-26(15-13-22)42-17-7-16-38/h4-6,8-15,21,33,38H,7,16-20H2,1-3H3,(H,36,39)/t21-,31-/m0/s1. The number of benzene rings is 3. The zero-order chi connectivity index (χ0) is 30.7. The molecule has 226 valence electrons. The van der Waals surface area contributed by atoms with Crippen molar-refractivity contribution in [3.8, 4) is 17.2 Å². The molecule has 12 heteroatoms. The summed E-state index contributed by atoms with van der Waals surface area (Å²) in [5, 5.41) is 12.7. The smallest absolute Gasteiger partial charge is 0.266 e. The Kier molecular flexibility index (Phi) is 10.8. The highest BCUT2D eigenvalue weighted by molar-refractivity contribution is 6.00. The number of nitrogens with one attached hydrogen (secondary N) is 2. The van der Waals surface area contributed by atoms with E-state index in [1.165, 1.54) is 0 Å². The molecule has 0 radical (unpaired) electrons. The van der Waals surface area contributed by atoms with Crippen LogP contribution < -0.4 is 25.1 Å². The van der Waals surface area contributed by atoms with Crippen LogP contribution in [0, 0.1) is 0 Å². The Bertz CT molecular complexity index is 1470. The molecule has 3 N–H and O–H groups in total. The summed E-state index contributed by atoms with van der Waals surface area (Å²) >= 11 is 0. The van der Waals surface area contributed by atoms with Crippen LogP contribution in [0.1, 0.15) is 35.6 Å². The zero-order valence-corrected chi connectivity index (χ0v) is 24.4. The first kappa shape index (κ1) is 31.2. The number of ether oxygens (including phenoxy) is 4. The molecule has 12 nitrogen and oxygen atoms in total. The van der Waals surface area contributed by atoms with Crippen LogP contribution >= 0.6 is 0 Å².